The molecule has 0 unspecified atom stereocenters. The molecule has 0 bridgehead atoms. The SMILES string of the molecule is CCOC(=O)N1CCC(Nc2c(NCc3ccc(N(C)C)cc3)c(=O)c2=O)CC1. The Labute approximate surface area is 170 Å². The number of nitrogens with zero attached hydrogens (tertiary/aromatic N) is 2. The van der Waals surface area contributed by atoms with E-state index in [0.717, 1.165) is 11.3 Å². The lowest BCUT2D eigenvalue weighted by Crippen LogP contribution is -2.45. The fourth-order valence-electron chi connectivity index (χ4n) is 3.43. The molecule has 1 aliphatic rings. The maximum Gasteiger partial charge on any atom is 0.409 e. The number of hydrogen-bond donors (Lipinski definition) is 2. The molecule has 1 amide bonds. The van der Waals surface area contributed by atoms with Crippen LogP contribution in [-0.4, -0.2) is 50.8 Å². The van der Waals surface area contributed by atoms with Gasteiger partial charge < -0.3 is 25.2 Å². The van der Waals surface area contributed by atoms with Gasteiger partial charge in [-0.25, -0.2) is 4.79 Å². The molecule has 0 aromatic heterocycles. The summed E-state index contributed by atoms with van der Waals surface area (Å²) in [6.45, 7) is 3.73. The quantitative estimate of drug-likeness (QED) is 0.687. The predicted octanol–water partition coefficient (Wildman–Crippen LogP) is 1.99. The lowest BCUT2D eigenvalue weighted by atomic mass is 10.0. The summed E-state index contributed by atoms with van der Waals surface area (Å²) in [6.07, 6.45) is 1.09. The van der Waals surface area contributed by atoms with Gasteiger partial charge in [0.05, 0.1) is 6.61 Å². The first-order valence-corrected chi connectivity index (χ1v) is 9.92. The molecule has 2 aromatic rings. The fourth-order valence-corrected chi connectivity index (χ4v) is 3.43. The molecule has 2 N–H and O–H groups in total. The van der Waals surface area contributed by atoms with E-state index in [0.29, 0.717) is 50.5 Å². The summed E-state index contributed by atoms with van der Waals surface area (Å²) in [4.78, 5) is 39.5. The van der Waals surface area contributed by atoms with Gasteiger partial charge in [0.2, 0.25) is 0 Å². The number of carbonyl (C=O) groups excluding carboxylic acids is 1. The molecular formula is C21H28N4O4. The van der Waals surface area contributed by atoms with E-state index in [1.807, 2.05) is 43.3 Å². The Kier molecular flexibility index (Phi) is 6.41. The van der Waals surface area contributed by atoms with Crippen LogP contribution in [-0.2, 0) is 11.3 Å². The molecule has 3 rings (SSSR count). The third-order valence-corrected chi connectivity index (χ3v) is 5.20. The molecule has 156 valence electrons. The summed E-state index contributed by atoms with van der Waals surface area (Å²) in [5, 5.41) is 6.29. The number of rotatable bonds is 7. The highest BCUT2D eigenvalue weighted by Gasteiger charge is 2.27. The van der Waals surface area contributed by atoms with Gasteiger partial charge in [-0.15, -0.1) is 0 Å². The summed E-state index contributed by atoms with van der Waals surface area (Å²) in [6, 6.07) is 8.05. The summed E-state index contributed by atoms with van der Waals surface area (Å²) >= 11 is 0. The Bertz CT molecular complexity index is 908. The van der Waals surface area contributed by atoms with Crippen LogP contribution in [0.4, 0.5) is 21.9 Å². The number of piperidine rings is 1. The minimum atomic E-state index is -0.485. The first kappa shape index (κ1) is 20.7. The summed E-state index contributed by atoms with van der Waals surface area (Å²) in [7, 11) is 3.96. The zero-order valence-electron chi connectivity index (χ0n) is 17.2. The Morgan fingerprint density at radius 2 is 1.72 bits per heavy atom. The van der Waals surface area contributed by atoms with Gasteiger partial charge >= 0.3 is 6.09 Å². The van der Waals surface area contributed by atoms with Crippen molar-refractivity contribution in [3.05, 3.63) is 50.3 Å². The molecule has 1 aliphatic heterocycles. The molecule has 8 nitrogen and oxygen atoms in total. The van der Waals surface area contributed by atoms with Crippen molar-refractivity contribution in [2.24, 2.45) is 0 Å². The highest BCUT2D eigenvalue weighted by Crippen LogP contribution is 2.21. The van der Waals surface area contributed by atoms with Crippen LogP contribution < -0.4 is 26.4 Å². The third kappa shape index (κ3) is 4.70. The highest BCUT2D eigenvalue weighted by molar-refractivity contribution is 5.74. The van der Waals surface area contributed by atoms with Gasteiger partial charge in [-0.3, -0.25) is 9.59 Å². The molecule has 0 saturated carbocycles. The molecule has 29 heavy (non-hydrogen) atoms. The van der Waals surface area contributed by atoms with E-state index in [4.69, 9.17) is 4.74 Å². The predicted molar refractivity (Wildman–Crippen MR) is 115 cm³/mol. The van der Waals surface area contributed by atoms with Crippen molar-refractivity contribution in [3.63, 3.8) is 0 Å². The average Bonchev–Trinajstić information content (AvgIpc) is 2.73. The zero-order chi connectivity index (χ0) is 21.0. The average molecular weight is 400 g/mol. The number of likely N-dealkylation sites (tertiary alicyclic amines) is 1. The highest BCUT2D eigenvalue weighted by atomic mass is 16.6. The lowest BCUT2D eigenvalue weighted by Gasteiger charge is -2.32. The first-order valence-electron chi connectivity index (χ1n) is 9.92. The molecular weight excluding hydrogens is 372 g/mol. The molecule has 1 heterocycles. The Morgan fingerprint density at radius 3 is 2.31 bits per heavy atom. The number of anilines is 3. The van der Waals surface area contributed by atoms with E-state index in [9.17, 15) is 14.4 Å². The van der Waals surface area contributed by atoms with Gasteiger partial charge in [0.1, 0.15) is 11.4 Å². The number of nitrogens with one attached hydrogen (secondary N) is 2. The van der Waals surface area contributed by atoms with E-state index in [2.05, 4.69) is 10.6 Å². The van der Waals surface area contributed by atoms with Crippen LogP contribution in [0.2, 0.25) is 0 Å². The minimum Gasteiger partial charge on any atom is -0.450 e. The van der Waals surface area contributed by atoms with Crippen LogP contribution in [0.1, 0.15) is 25.3 Å². The van der Waals surface area contributed by atoms with Crippen LogP contribution in [0, 0.1) is 0 Å². The molecule has 8 heteroatoms. The molecule has 2 aromatic carbocycles. The van der Waals surface area contributed by atoms with E-state index in [1.165, 1.54) is 0 Å². The van der Waals surface area contributed by atoms with Gasteiger partial charge in [0, 0.05) is 45.5 Å². The zero-order valence-corrected chi connectivity index (χ0v) is 17.2. The third-order valence-electron chi connectivity index (χ3n) is 5.20. The molecule has 0 spiro atoms. The minimum absolute atomic E-state index is 0.0453. The van der Waals surface area contributed by atoms with Gasteiger partial charge in [-0.1, -0.05) is 12.1 Å². The number of benzene rings is 1. The monoisotopic (exact) mass is 400 g/mol. The van der Waals surface area contributed by atoms with Gasteiger partial charge in [-0.2, -0.15) is 0 Å². The topological polar surface area (TPSA) is 91.0 Å². The first-order chi connectivity index (χ1) is 13.9. The number of hydrogen-bond acceptors (Lipinski definition) is 7. The number of ether oxygens (including phenoxy) is 1. The number of amides is 1. The van der Waals surface area contributed by atoms with E-state index in [-0.39, 0.29) is 12.1 Å². The van der Waals surface area contributed by atoms with Crippen LogP contribution in [0.15, 0.2) is 33.9 Å². The summed E-state index contributed by atoms with van der Waals surface area (Å²) < 4.78 is 5.02. The fraction of sp³-hybridized carbons (Fsp3) is 0.476. The van der Waals surface area contributed by atoms with E-state index >= 15 is 0 Å². The van der Waals surface area contributed by atoms with Gasteiger partial charge in [0.15, 0.2) is 0 Å². The maximum atomic E-state index is 12.0. The van der Waals surface area contributed by atoms with Crippen molar-refractivity contribution in [1.82, 2.24) is 4.90 Å². The molecule has 1 saturated heterocycles. The normalized spacial score (nSPS) is 14.7. The summed E-state index contributed by atoms with van der Waals surface area (Å²) in [5.74, 6) is 0. The largest absolute Gasteiger partial charge is 0.450 e. The Hall–Kier alpha value is -3.03. The second-order valence-electron chi connectivity index (χ2n) is 7.43. The van der Waals surface area contributed by atoms with Crippen LogP contribution >= 0.6 is 0 Å². The summed E-state index contributed by atoms with van der Waals surface area (Å²) in [5.41, 5.74) is 1.86. The van der Waals surface area contributed by atoms with Crippen molar-refractivity contribution in [3.8, 4) is 0 Å². The van der Waals surface area contributed by atoms with Crippen LogP contribution in [0.3, 0.4) is 0 Å². The molecule has 0 atom stereocenters. The maximum absolute atomic E-state index is 12.0. The van der Waals surface area contributed by atoms with Crippen molar-refractivity contribution in [1.29, 1.82) is 0 Å². The van der Waals surface area contributed by atoms with Crippen LogP contribution in [0.25, 0.3) is 0 Å². The van der Waals surface area contributed by atoms with Crippen molar-refractivity contribution < 1.29 is 9.53 Å². The van der Waals surface area contributed by atoms with Crippen molar-refractivity contribution >= 4 is 23.2 Å². The molecule has 0 aliphatic carbocycles. The molecule has 1 fully saturated rings. The lowest BCUT2D eigenvalue weighted by molar-refractivity contribution is 0.0983. The Balaban J connectivity index is 1.56. The van der Waals surface area contributed by atoms with Crippen molar-refractivity contribution in [2.75, 3.05) is 49.3 Å². The van der Waals surface area contributed by atoms with Crippen molar-refractivity contribution in [2.45, 2.75) is 32.4 Å². The molecule has 0 radical (unpaired) electrons. The van der Waals surface area contributed by atoms with E-state index in [1.54, 1.807) is 11.8 Å². The number of carbonyl (C=O) groups is 1. The Morgan fingerprint density at radius 1 is 1.10 bits per heavy atom. The second kappa shape index (κ2) is 8.98. The van der Waals surface area contributed by atoms with E-state index < -0.39 is 10.9 Å². The second-order valence-corrected chi connectivity index (χ2v) is 7.43. The van der Waals surface area contributed by atoms with Gasteiger partial charge in [0.25, 0.3) is 10.9 Å². The standard InChI is InChI=1S/C21H28N4O4/c1-4-29-21(28)25-11-9-15(10-12-25)23-18-17(19(26)20(18)27)22-13-14-5-7-16(8-6-14)24(2)3/h5-8,15,22-23H,4,9-13H2,1-3H3. The van der Waals surface area contributed by atoms with Gasteiger partial charge in [-0.05, 0) is 37.5 Å². The smallest absolute Gasteiger partial charge is 0.409 e. The van der Waals surface area contributed by atoms with Crippen LogP contribution in [0.5, 0.6) is 0 Å².